The highest BCUT2D eigenvalue weighted by atomic mass is 32.2. The Morgan fingerprint density at radius 2 is 1.79 bits per heavy atom. The fourth-order valence-electron chi connectivity index (χ4n) is 3.93. The number of nitrogens with one attached hydrogen (secondary N) is 1. The molecular weight excluding hydrogens is 474 g/mol. The van der Waals surface area contributed by atoms with Crippen molar-refractivity contribution in [2.24, 2.45) is 0 Å². The summed E-state index contributed by atoms with van der Waals surface area (Å²) in [6.07, 6.45) is -4.61. The van der Waals surface area contributed by atoms with E-state index in [1.54, 1.807) is 21.9 Å². The average Bonchev–Trinajstić information content (AvgIpc) is 2.78. The van der Waals surface area contributed by atoms with Gasteiger partial charge in [0.1, 0.15) is 5.82 Å². The number of amides is 2. The second-order valence-corrected chi connectivity index (χ2v) is 9.34. The van der Waals surface area contributed by atoms with Crippen LogP contribution in [-0.4, -0.2) is 53.9 Å². The fourth-order valence-corrected chi connectivity index (χ4v) is 5.01. The fraction of sp³-hybridized carbons (Fsp3) is 0.348. The number of ketones is 1. The Balaban J connectivity index is 1.35. The van der Waals surface area contributed by atoms with Crippen molar-refractivity contribution in [2.45, 2.75) is 29.7 Å². The topological polar surface area (TPSA) is 69.7 Å². The molecule has 4 rings (SSSR count). The van der Waals surface area contributed by atoms with Crippen molar-refractivity contribution in [2.75, 3.05) is 36.4 Å². The van der Waals surface area contributed by atoms with E-state index in [0.29, 0.717) is 36.8 Å². The molecule has 2 aliphatic rings. The van der Waals surface area contributed by atoms with Gasteiger partial charge in [-0.15, -0.1) is 11.8 Å². The maximum atomic E-state index is 14.4. The summed E-state index contributed by atoms with van der Waals surface area (Å²) in [7, 11) is 0. The van der Waals surface area contributed by atoms with Gasteiger partial charge in [0.25, 0.3) is 0 Å². The molecule has 0 bridgehead atoms. The third kappa shape index (κ3) is 5.03. The van der Waals surface area contributed by atoms with Crippen molar-refractivity contribution in [3.63, 3.8) is 0 Å². The first kappa shape index (κ1) is 24.1. The molecule has 2 heterocycles. The lowest BCUT2D eigenvalue weighted by Crippen LogP contribution is -2.50. The molecular formula is C23H21F4N3O3S. The summed E-state index contributed by atoms with van der Waals surface area (Å²) in [5.74, 6) is -1.50. The third-order valence-corrected chi connectivity index (χ3v) is 7.09. The highest BCUT2D eigenvalue weighted by Gasteiger charge is 2.35. The maximum Gasteiger partial charge on any atom is 0.416 e. The number of carbonyl (C=O) groups is 3. The summed E-state index contributed by atoms with van der Waals surface area (Å²) in [5.41, 5.74) is -0.129. The average molecular weight is 495 g/mol. The standard InChI is InChI=1S/C23H21F4N3O3S/c1-13(31)14-2-4-18(16(24)10-14)29-6-8-30(9-7-29)21(32)12-20-22(33)28-17-11-15(23(25,26)27)3-5-19(17)34-20/h2-5,10-11,20H,6-9,12H2,1H3,(H,28,33)/t20-/m0/s1. The van der Waals surface area contributed by atoms with Crippen LogP contribution >= 0.6 is 11.8 Å². The summed E-state index contributed by atoms with van der Waals surface area (Å²) in [5, 5.41) is 1.72. The highest BCUT2D eigenvalue weighted by molar-refractivity contribution is 8.01. The number of hydrogen-bond donors (Lipinski definition) is 1. The van der Waals surface area contributed by atoms with E-state index >= 15 is 0 Å². The van der Waals surface area contributed by atoms with Crippen molar-refractivity contribution in [1.29, 1.82) is 0 Å². The Labute approximate surface area is 197 Å². The molecule has 1 fully saturated rings. The number of halogens is 4. The molecule has 0 aliphatic carbocycles. The van der Waals surface area contributed by atoms with E-state index in [0.717, 1.165) is 23.9 Å². The molecule has 0 radical (unpaired) electrons. The van der Waals surface area contributed by atoms with Crippen LogP contribution in [-0.2, 0) is 15.8 Å². The first-order chi connectivity index (χ1) is 16.0. The molecule has 2 aliphatic heterocycles. The number of carbonyl (C=O) groups excluding carboxylic acids is 3. The second kappa shape index (κ2) is 9.28. The summed E-state index contributed by atoms with van der Waals surface area (Å²) < 4.78 is 53.2. The van der Waals surface area contributed by atoms with Crippen LogP contribution < -0.4 is 10.2 Å². The van der Waals surface area contributed by atoms with E-state index in [-0.39, 0.29) is 29.4 Å². The second-order valence-electron chi connectivity index (χ2n) is 8.10. The number of anilines is 2. The first-order valence-corrected chi connectivity index (χ1v) is 11.4. The molecule has 0 spiro atoms. The molecule has 2 aromatic carbocycles. The van der Waals surface area contributed by atoms with Crippen LogP contribution in [0.2, 0.25) is 0 Å². The lowest BCUT2D eigenvalue weighted by molar-refractivity contribution is -0.137. The zero-order valence-corrected chi connectivity index (χ0v) is 18.9. The van der Waals surface area contributed by atoms with Gasteiger partial charge in [-0.2, -0.15) is 13.2 Å². The summed E-state index contributed by atoms with van der Waals surface area (Å²) in [6.45, 7) is 2.79. The Kier molecular flexibility index (Phi) is 6.57. The van der Waals surface area contributed by atoms with Gasteiger partial charge in [-0.1, -0.05) is 0 Å². The zero-order valence-electron chi connectivity index (χ0n) is 18.1. The van der Waals surface area contributed by atoms with Crippen LogP contribution in [0.3, 0.4) is 0 Å². The molecule has 0 saturated carbocycles. The summed E-state index contributed by atoms with van der Waals surface area (Å²) >= 11 is 1.07. The van der Waals surface area contributed by atoms with Crippen LogP contribution in [0, 0.1) is 5.82 Å². The van der Waals surface area contributed by atoms with Gasteiger partial charge in [0.05, 0.1) is 22.2 Å². The number of alkyl halides is 3. The number of nitrogens with zero attached hydrogens (tertiary/aromatic N) is 2. The Morgan fingerprint density at radius 3 is 2.41 bits per heavy atom. The molecule has 11 heteroatoms. The smallest absolute Gasteiger partial charge is 0.366 e. The number of rotatable bonds is 4. The van der Waals surface area contributed by atoms with Crippen molar-refractivity contribution < 1.29 is 31.9 Å². The van der Waals surface area contributed by atoms with Gasteiger partial charge in [-0.25, -0.2) is 4.39 Å². The number of hydrogen-bond acceptors (Lipinski definition) is 5. The SMILES string of the molecule is CC(=O)c1ccc(N2CCN(C(=O)C[C@@H]3Sc4ccc(C(F)(F)F)cc4NC3=O)CC2)c(F)c1. The molecule has 34 heavy (non-hydrogen) atoms. The van der Waals surface area contributed by atoms with E-state index in [9.17, 15) is 31.9 Å². The maximum absolute atomic E-state index is 14.4. The number of thioether (sulfide) groups is 1. The number of benzene rings is 2. The predicted molar refractivity (Wildman–Crippen MR) is 120 cm³/mol. The van der Waals surface area contributed by atoms with Gasteiger partial charge >= 0.3 is 6.18 Å². The molecule has 1 atom stereocenters. The molecule has 2 amide bonds. The van der Waals surface area contributed by atoms with E-state index < -0.39 is 28.7 Å². The van der Waals surface area contributed by atoms with Gasteiger partial charge in [0, 0.05) is 43.1 Å². The van der Waals surface area contributed by atoms with Gasteiger partial charge in [-0.05, 0) is 43.3 Å². The highest BCUT2D eigenvalue weighted by Crippen LogP contribution is 2.40. The molecule has 0 aromatic heterocycles. The van der Waals surface area contributed by atoms with Crippen molar-refractivity contribution >= 4 is 40.7 Å². The van der Waals surface area contributed by atoms with E-state index in [4.69, 9.17) is 0 Å². The van der Waals surface area contributed by atoms with Crippen molar-refractivity contribution in [1.82, 2.24) is 4.90 Å². The van der Waals surface area contributed by atoms with Gasteiger partial charge in [0.2, 0.25) is 11.8 Å². The predicted octanol–water partition coefficient (Wildman–Crippen LogP) is 4.20. The Hall–Kier alpha value is -3.08. The number of fused-ring (bicyclic) bond motifs is 1. The van der Waals surface area contributed by atoms with E-state index in [1.807, 2.05) is 0 Å². The van der Waals surface area contributed by atoms with Crippen LogP contribution in [0.15, 0.2) is 41.3 Å². The summed E-state index contributed by atoms with van der Waals surface area (Å²) in [6, 6.07) is 7.44. The van der Waals surface area contributed by atoms with Gasteiger partial charge in [-0.3, -0.25) is 14.4 Å². The lowest BCUT2D eigenvalue weighted by Gasteiger charge is -2.37. The minimum atomic E-state index is -4.52. The minimum Gasteiger partial charge on any atom is -0.366 e. The molecule has 1 saturated heterocycles. The van der Waals surface area contributed by atoms with Crippen molar-refractivity contribution in [3.8, 4) is 0 Å². The summed E-state index contributed by atoms with van der Waals surface area (Å²) in [4.78, 5) is 40.5. The van der Waals surface area contributed by atoms with Crippen molar-refractivity contribution in [3.05, 3.63) is 53.3 Å². The van der Waals surface area contributed by atoms with Crippen LogP contribution in [0.4, 0.5) is 28.9 Å². The Bertz CT molecular complexity index is 1150. The quantitative estimate of drug-likeness (QED) is 0.509. The minimum absolute atomic E-state index is 0.0833. The number of Topliss-reactive ketones (excluding diaryl/α,β-unsaturated/α-hetero) is 1. The molecule has 180 valence electrons. The molecule has 2 aromatic rings. The largest absolute Gasteiger partial charge is 0.416 e. The third-order valence-electron chi connectivity index (χ3n) is 5.81. The first-order valence-electron chi connectivity index (χ1n) is 10.5. The number of piperazine rings is 1. The van der Waals surface area contributed by atoms with Crippen LogP contribution in [0.25, 0.3) is 0 Å². The molecule has 6 nitrogen and oxygen atoms in total. The lowest BCUT2D eigenvalue weighted by atomic mass is 10.1. The zero-order chi connectivity index (χ0) is 24.6. The van der Waals surface area contributed by atoms with Gasteiger partial charge < -0.3 is 15.1 Å². The van der Waals surface area contributed by atoms with Crippen LogP contribution in [0.1, 0.15) is 29.3 Å². The normalized spacial score (nSPS) is 18.4. The monoisotopic (exact) mass is 495 g/mol. The molecule has 1 N–H and O–H groups in total. The van der Waals surface area contributed by atoms with Gasteiger partial charge in [0.15, 0.2) is 5.78 Å². The van der Waals surface area contributed by atoms with Crippen LogP contribution in [0.5, 0.6) is 0 Å². The Morgan fingerprint density at radius 1 is 1.09 bits per heavy atom. The molecule has 0 unspecified atom stereocenters. The van der Waals surface area contributed by atoms with E-state index in [2.05, 4.69) is 5.32 Å². The van der Waals surface area contributed by atoms with E-state index in [1.165, 1.54) is 19.1 Å².